The molecule has 0 saturated heterocycles. The number of nitrogens with two attached hydrogens (primary N) is 1. The highest BCUT2D eigenvalue weighted by Gasteiger charge is 2.23. The van der Waals surface area contributed by atoms with E-state index in [4.69, 9.17) is 10.8 Å². The molecule has 1 aromatic rings. The summed E-state index contributed by atoms with van der Waals surface area (Å²) in [5, 5.41) is 7.34. The van der Waals surface area contributed by atoms with Crippen molar-refractivity contribution in [3.05, 3.63) is 24.3 Å². The van der Waals surface area contributed by atoms with Crippen LogP contribution >= 0.6 is 12.6 Å². The van der Waals surface area contributed by atoms with Gasteiger partial charge in [-0.15, -0.1) is 0 Å². The van der Waals surface area contributed by atoms with Gasteiger partial charge in [-0.1, -0.05) is 6.07 Å². The van der Waals surface area contributed by atoms with Crippen molar-refractivity contribution in [1.82, 2.24) is 0 Å². The first-order chi connectivity index (χ1) is 7.33. The van der Waals surface area contributed by atoms with Crippen LogP contribution in [-0.2, 0) is 14.6 Å². The Kier molecular flexibility index (Phi) is 3.82. The number of carboxylic acids is 1. The number of anilines is 1. The minimum Gasteiger partial charge on any atom is -0.480 e. The van der Waals surface area contributed by atoms with Crippen LogP contribution in [0.15, 0.2) is 29.2 Å². The Morgan fingerprint density at radius 3 is 2.62 bits per heavy atom. The smallest absolute Gasteiger partial charge is 0.317 e. The van der Waals surface area contributed by atoms with Gasteiger partial charge < -0.3 is 10.8 Å². The molecule has 0 spiro atoms. The molecule has 0 aliphatic heterocycles. The van der Waals surface area contributed by atoms with Crippen LogP contribution in [0.4, 0.5) is 5.69 Å². The first kappa shape index (κ1) is 12.9. The third-order valence-electron chi connectivity index (χ3n) is 1.88. The zero-order chi connectivity index (χ0) is 12.3. The van der Waals surface area contributed by atoms with Gasteiger partial charge in [0.1, 0.15) is 5.25 Å². The summed E-state index contributed by atoms with van der Waals surface area (Å²) in [5.41, 5.74) is 5.76. The molecule has 1 rings (SSSR count). The van der Waals surface area contributed by atoms with Gasteiger partial charge in [0.05, 0.1) is 10.6 Å². The molecule has 0 amide bonds. The van der Waals surface area contributed by atoms with E-state index in [1.54, 1.807) is 6.07 Å². The normalized spacial score (nSPS) is 13.3. The molecule has 7 heteroatoms. The molecule has 0 radical (unpaired) electrons. The molecule has 0 heterocycles. The lowest BCUT2D eigenvalue weighted by atomic mass is 10.3. The van der Waals surface area contributed by atoms with Crippen LogP contribution in [0.2, 0.25) is 0 Å². The van der Waals surface area contributed by atoms with E-state index in [1.807, 2.05) is 0 Å². The molecule has 0 aliphatic rings. The highest BCUT2D eigenvalue weighted by molar-refractivity contribution is 7.93. The molecule has 16 heavy (non-hydrogen) atoms. The third-order valence-corrected chi connectivity index (χ3v) is 4.27. The zero-order valence-corrected chi connectivity index (χ0v) is 9.91. The number of benzene rings is 1. The lowest BCUT2D eigenvalue weighted by Crippen LogP contribution is -2.24. The first-order valence-corrected chi connectivity index (χ1v) is 6.49. The summed E-state index contributed by atoms with van der Waals surface area (Å²) >= 11 is 3.68. The average molecular weight is 261 g/mol. The SMILES string of the molecule is Nc1cccc(S(=O)(=O)CC(S)C(=O)O)c1. The van der Waals surface area contributed by atoms with Gasteiger partial charge in [-0.05, 0) is 18.2 Å². The Morgan fingerprint density at radius 2 is 2.12 bits per heavy atom. The van der Waals surface area contributed by atoms with Crippen molar-refractivity contribution >= 4 is 34.1 Å². The van der Waals surface area contributed by atoms with E-state index in [0.29, 0.717) is 5.69 Å². The van der Waals surface area contributed by atoms with E-state index < -0.39 is 26.8 Å². The zero-order valence-electron chi connectivity index (χ0n) is 8.20. The summed E-state index contributed by atoms with van der Waals surface area (Å²) in [6.45, 7) is 0. The van der Waals surface area contributed by atoms with E-state index in [2.05, 4.69) is 12.6 Å². The average Bonchev–Trinajstić information content (AvgIpc) is 2.17. The molecule has 1 aromatic carbocycles. The summed E-state index contributed by atoms with van der Waals surface area (Å²) in [6, 6.07) is 5.70. The number of thiol groups is 1. The number of nitrogen functional groups attached to an aromatic ring is 1. The van der Waals surface area contributed by atoms with Gasteiger partial charge in [-0.25, -0.2) is 8.42 Å². The van der Waals surface area contributed by atoms with Crippen molar-refractivity contribution in [2.24, 2.45) is 0 Å². The third kappa shape index (κ3) is 3.14. The van der Waals surface area contributed by atoms with Crippen molar-refractivity contribution < 1.29 is 18.3 Å². The van der Waals surface area contributed by atoms with Crippen LogP contribution in [0.1, 0.15) is 0 Å². The molecule has 0 fully saturated rings. The lowest BCUT2D eigenvalue weighted by Gasteiger charge is -2.07. The highest BCUT2D eigenvalue weighted by atomic mass is 32.2. The van der Waals surface area contributed by atoms with Crippen molar-refractivity contribution in [2.45, 2.75) is 10.1 Å². The van der Waals surface area contributed by atoms with Crippen molar-refractivity contribution in [1.29, 1.82) is 0 Å². The van der Waals surface area contributed by atoms with Gasteiger partial charge in [0, 0.05) is 5.69 Å². The second-order valence-electron chi connectivity index (χ2n) is 3.21. The Morgan fingerprint density at radius 1 is 1.50 bits per heavy atom. The molecule has 0 aliphatic carbocycles. The molecule has 1 atom stereocenters. The summed E-state index contributed by atoms with van der Waals surface area (Å²) in [6.07, 6.45) is 0. The van der Waals surface area contributed by atoms with Crippen molar-refractivity contribution in [2.75, 3.05) is 11.5 Å². The standard InChI is InChI=1S/C9H11NO4S2/c10-6-2-1-3-7(4-6)16(13,14)5-8(15)9(11)12/h1-4,8,15H,5,10H2,(H,11,12). The van der Waals surface area contributed by atoms with Crippen LogP contribution in [0.5, 0.6) is 0 Å². The molecule has 3 N–H and O–H groups in total. The number of sulfone groups is 1. The van der Waals surface area contributed by atoms with Crippen LogP contribution in [0, 0.1) is 0 Å². The maximum absolute atomic E-state index is 11.7. The fourth-order valence-corrected chi connectivity index (χ4v) is 3.02. The number of hydrogen-bond donors (Lipinski definition) is 3. The summed E-state index contributed by atoms with van der Waals surface area (Å²) in [4.78, 5) is 10.5. The second kappa shape index (κ2) is 4.75. The predicted molar refractivity (Wildman–Crippen MR) is 63.3 cm³/mol. The fraction of sp³-hybridized carbons (Fsp3) is 0.222. The Labute approximate surface area is 98.6 Å². The van der Waals surface area contributed by atoms with Gasteiger partial charge in [0.25, 0.3) is 0 Å². The first-order valence-electron chi connectivity index (χ1n) is 4.32. The number of rotatable bonds is 4. The Bertz CT molecular complexity index is 498. The van der Waals surface area contributed by atoms with Crippen LogP contribution in [0.3, 0.4) is 0 Å². The van der Waals surface area contributed by atoms with Crippen molar-refractivity contribution in [3.8, 4) is 0 Å². The Hall–Kier alpha value is -1.21. The Balaban J connectivity index is 2.99. The van der Waals surface area contributed by atoms with E-state index in [0.717, 1.165) is 0 Å². The fourth-order valence-electron chi connectivity index (χ4n) is 1.08. The molecule has 88 valence electrons. The maximum Gasteiger partial charge on any atom is 0.317 e. The summed E-state index contributed by atoms with van der Waals surface area (Å²) < 4.78 is 23.5. The van der Waals surface area contributed by atoms with E-state index >= 15 is 0 Å². The van der Waals surface area contributed by atoms with Crippen LogP contribution < -0.4 is 5.73 Å². The van der Waals surface area contributed by atoms with Gasteiger partial charge in [-0.3, -0.25) is 4.79 Å². The van der Waals surface area contributed by atoms with Gasteiger partial charge >= 0.3 is 5.97 Å². The monoisotopic (exact) mass is 261 g/mol. The van der Waals surface area contributed by atoms with E-state index in [9.17, 15) is 13.2 Å². The molecule has 0 saturated carbocycles. The summed E-state index contributed by atoms with van der Waals surface area (Å²) in [7, 11) is -3.66. The van der Waals surface area contributed by atoms with Gasteiger partial charge in [-0.2, -0.15) is 12.6 Å². The molecule has 0 bridgehead atoms. The van der Waals surface area contributed by atoms with Crippen LogP contribution in [-0.4, -0.2) is 30.5 Å². The number of carbonyl (C=O) groups is 1. The molecule has 1 unspecified atom stereocenters. The quantitative estimate of drug-likeness (QED) is 0.539. The predicted octanol–water partition coefficient (Wildman–Crippen LogP) is 0.426. The molecular weight excluding hydrogens is 250 g/mol. The molecular formula is C9H11NO4S2. The minimum absolute atomic E-state index is 0.00722. The van der Waals surface area contributed by atoms with E-state index in [-0.39, 0.29) is 4.90 Å². The maximum atomic E-state index is 11.7. The topological polar surface area (TPSA) is 97.5 Å². The van der Waals surface area contributed by atoms with E-state index in [1.165, 1.54) is 18.2 Å². The van der Waals surface area contributed by atoms with Crippen molar-refractivity contribution in [3.63, 3.8) is 0 Å². The number of aliphatic carboxylic acids is 1. The number of carboxylic acid groups (broad SMARTS) is 1. The minimum atomic E-state index is -3.66. The summed E-state index contributed by atoms with van der Waals surface area (Å²) in [5.74, 6) is -1.83. The van der Waals surface area contributed by atoms with Gasteiger partial charge in [0.2, 0.25) is 0 Å². The van der Waals surface area contributed by atoms with Gasteiger partial charge in [0.15, 0.2) is 9.84 Å². The molecule has 5 nitrogen and oxygen atoms in total. The highest BCUT2D eigenvalue weighted by Crippen LogP contribution is 2.16. The largest absolute Gasteiger partial charge is 0.480 e. The molecule has 0 aromatic heterocycles. The lowest BCUT2D eigenvalue weighted by molar-refractivity contribution is -0.135. The van der Waals surface area contributed by atoms with Crippen LogP contribution in [0.25, 0.3) is 0 Å². The second-order valence-corrected chi connectivity index (χ2v) is 5.87. The number of hydrogen-bond acceptors (Lipinski definition) is 5.